The molecule has 0 spiro atoms. The first-order valence-electron chi connectivity index (χ1n) is 9.96. The molecule has 1 amide bonds. The van der Waals surface area contributed by atoms with Crippen LogP contribution < -0.4 is 10.7 Å². The average Bonchev–Trinajstić information content (AvgIpc) is 3.21. The molecule has 1 aromatic heterocycles. The number of aldehydes is 1. The maximum Gasteiger partial charge on any atom is 0.257 e. The molecule has 0 aliphatic heterocycles. The van der Waals surface area contributed by atoms with E-state index < -0.39 is 22.9 Å². The van der Waals surface area contributed by atoms with Crippen LogP contribution in [0.1, 0.15) is 57.7 Å². The lowest BCUT2D eigenvalue weighted by molar-refractivity contribution is 0.0524. The first kappa shape index (κ1) is 21.7. The van der Waals surface area contributed by atoms with Crippen molar-refractivity contribution in [1.29, 1.82) is 0 Å². The SMILES string of the molecule is Cc1cc(F)cc(CNC(=O)c2cn(CCOC3CCCC3)c(C=O)c(O)c2=O)c1. The smallest absolute Gasteiger partial charge is 0.257 e. The number of halogens is 1. The van der Waals surface area contributed by atoms with E-state index in [2.05, 4.69) is 5.32 Å². The maximum atomic E-state index is 13.5. The molecule has 1 aromatic carbocycles. The van der Waals surface area contributed by atoms with Gasteiger partial charge in [0.2, 0.25) is 5.43 Å². The Morgan fingerprint density at radius 1 is 1.33 bits per heavy atom. The van der Waals surface area contributed by atoms with Crippen molar-refractivity contribution in [1.82, 2.24) is 9.88 Å². The van der Waals surface area contributed by atoms with Gasteiger partial charge in [0, 0.05) is 19.3 Å². The summed E-state index contributed by atoms with van der Waals surface area (Å²) in [4.78, 5) is 36.3. The topological polar surface area (TPSA) is 97.6 Å². The van der Waals surface area contributed by atoms with Crippen molar-refractivity contribution in [3.8, 4) is 5.75 Å². The van der Waals surface area contributed by atoms with Gasteiger partial charge in [0.1, 0.15) is 17.1 Å². The highest BCUT2D eigenvalue weighted by Crippen LogP contribution is 2.21. The highest BCUT2D eigenvalue weighted by molar-refractivity contribution is 5.95. The largest absolute Gasteiger partial charge is 0.503 e. The van der Waals surface area contributed by atoms with Crippen LogP contribution in [0.2, 0.25) is 0 Å². The van der Waals surface area contributed by atoms with Crippen LogP contribution in [-0.4, -0.2) is 34.6 Å². The number of nitrogens with zero attached hydrogens (tertiary/aromatic N) is 1. The molecule has 160 valence electrons. The number of ether oxygens (including phenoxy) is 1. The molecule has 0 atom stereocenters. The minimum absolute atomic E-state index is 0.0118. The second-order valence-corrected chi connectivity index (χ2v) is 7.51. The Labute approximate surface area is 173 Å². The summed E-state index contributed by atoms with van der Waals surface area (Å²) in [6, 6.07) is 4.38. The van der Waals surface area contributed by atoms with E-state index in [9.17, 15) is 23.9 Å². The molecular weight excluding hydrogens is 391 g/mol. The van der Waals surface area contributed by atoms with Gasteiger partial charge in [0.15, 0.2) is 12.0 Å². The molecule has 2 aromatic rings. The van der Waals surface area contributed by atoms with Crippen molar-refractivity contribution < 1.29 is 23.8 Å². The van der Waals surface area contributed by atoms with Crippen molar-refractivity contribution >= 4 is 12.2 Å². The van der Waals surface area contributed by atoms with Gasteiger partial charge in [0.25, 0.3) is 5.91 Å². The molecular formula is C22H25FN2O5. The lowest BCUT2D eigenvalue weighted by Crippen LogP contribution is -2.30. The van der Waals surface area contributed by atoms with Crippen molar-refractivity contribution in [2.45, 2.75) is 51.8 Å². The number of amides is 1. The normalized spacial score (nSPS) is 14.1. The number of aromatic hydroxyl groups is 1. The molecule has 30 heavy (non-hydrogen) atoms. The van der Waals surface area contributed by atoms with Crippen molar-refractivity contribution in [2.75, 3.05) is 6.61 Å². The Kier molecular flexibility index (Phi) is 6.99. The zero-order chi connectivity index (χ0) is 21.7. The minimum Gasteiger partial charge on any atom is -0.503 e. The van der Waals surface area contributed by atoms with Crippen LogP contribution in [-0.2, 0) is 17.8 Å². The molecule has 7 nitrogen and oxygen atoms in total. The third-order valence-electron chi connectivity index (χ3n) is 5.20. The third-order valence-corrected chi connectivity index (χ3v) is 5.20. The molecule has 1 heterocycles. The lowest BCUT2D eigenvalue weighted by Gasteiger charge is -2.16. The van der Waals surface area contributed by atoms with Gasteiger partial charge in [-0.05, 0) is 43.0 Å². The van der Waals surface area contributed by atoms with Crippen LogP contribution in [0.4, 0.5) is 4.39 Å². The zero-order valence-electron chi connectivity index (χ0n) is 16.8. The predicted octanol–water partition coefficient (Wildman–Crippen LogP) is 2.70. The summed E-state index contributed by atoms with van der Waals surface area (Å²) < 4.78 is 20.6. The standard InChI is InChI=1S/C22H25FN2O5/c1-14-8-15(10-16(23)9-14)11-24-22(29)18-12-25(19(13-26)21(28)20(18)27)6-7-30-17-4-2-3-5-17/h8-10,12-13,17,28H,2-7,11H2,1H3,(H,24,29). The number of rotatable bonds is 8. The van der Waals surface area contributed by atoms with Crippen molar-refractivity contribution in [2.24, 2.45) is 0 Å². The van der Waals surface area contributed by atoms with Crippen LogP contribution >= 0.6 is 0 Å². The van der Waals surface area contributed by atoms with Gasteiger partial charge in [-0.15, -0.1) is 0 Å². The lowest BCUT2D eigenvalue weighted by atomic mass is 10.1. The zero-order valence-corrected chi connectivity index (χ0v) is 16.8. The average molecular weight is 416 g/mol. The van der Waals surface area contributed by atoms with Gasteiger partial charge in [-0.1, -0.05) is 18.9 Å². The summed E-state index contributed by atoms with van der Waals surface area (Å²) in [7, 11) is 0. The quantitative estimate of drug-likeness (QED) is 0.645. The Morgan fingerprint density at radius 2 is 2.07 bits per heavy atom. The fraction of sp³-hybridized carbons (Fsp3) is 0.409. The Bertz CT molecular complexity index is 976. The first-order valence-corrected chi connectivity index (χ1v) is 9.96. The summed E-state index contributed by atoms with van der Waals surface area (Å²) in [5.41, 5.74) is -0.186. The van der Waals surface area contributed by atoms with Gasteiger partial charge in [0.05, 0.1) is 12.7 Å². The number of pyridine rings is 1. The van der Waals surface area contributed by atoms with Gasteiger partial charge in [-0.2, -0.15) is 0 Å². The monoisotopic (exact) mass is 416 g/mol. The second-order valence-electron chi connectivity index (χ2n) is 7.51. The van der Waals surface area contributed by atoms with Crippen LogP contribution in [0.3, 0.4) is 0 Å². The van der Waals surface area contributed by atoms with Crippen LogP contribution in [0.25, 0.3) is 0 Å². The molecule has 0 bridgehead atoms. The van der Waals surface area contributed by atoms with Crippen LogP contribution in [0, 0.1) is 12.7 Å². The summed E-state index contributed by atoms with van der Waals surface area (Å²) >= 11 is 0. The first-order chi connectivity index (χ1) is 14.4. The third kappa shape index (κ3) is 5.13. The Balaban J connectivity index is 1.75. The summed E-state index contributed by atoms with van der Waals surface area (Å²) in [6.45, 7) is 2.24. The molecule has 1 saturated carbocycles. The Hall–Kier alpha value is -3.00. The highest BCUT2D eigenvalue weighted by Gasteiger charge is 2.20. The van der Waals surface area contributed by atoms with Crippen LogP contribution in [0.5, 0.6) is 5.75 Å². The van der Waals surface area contributed by atoms with E-state index in [1.807, 2.05) is 0 Å². The number of hydrogen-bond donors (Lipinski definition) is 2. The van der Waals surface area contributed by atoms with E-state index in [1.165, 1.54) is 22.9 Å². The Morgan fingerprint density at radius 3 is 2.73 bits per heavy atom. The second kappa shape index (κ2) is 9.67. The number of carbonyl (C=O) groups is 2. The van der Waals surface area contributed by atoms with Crippen molar-refractivity contribution in [3.05, 3.63) is 62.8 Å². The minimum atomic E-state index is -0.932. The van der Waals surface area contributed by atoms with E-state index in [0.29, 0.717) is 17.4 Å². The highest BCUT2D eigenvalue weighted by atomic mass is 19.1. The molecule has 0 saturated heterocycles. The molecule has 0 unspecified atom stereocenters. The number of hydrogen-bond acceptors (Lipinski definition) is 5. The number of nitrogens with one attached hydrogen (secondary N) is 1. The number of benzene rings is 1. The summed E-state index contributed by atoms with van der Waals surface area (Å²) in [5.74, 6) is -1.92. The molecule has 8 heteroatoms. The van der Waals surface area contributed by atoms with Crippen LogP contribution in [0.15, 0.2) is 29.2 Å². The van der Waals surface area contributed by atoms with E-state index >= 15 is 0 Å². The fourth-order valence-corrected chi connectivity index (χ4v) is 3.70. The fourth-order valence-electron chi connectivity index (χ4n) is 3.70. The molecule has 0 radical (unpaired) electrons. The van der Waals surface area contributed by atoms with E-state index in [4.69, 9.17) is 4.74 Å². The van der Waals surface area contributed by atoms with E-state index in [-0.39, 0.29) is 37.1 Å². The van der Waals surface area contributed by atoms with Gasteiger partial charge < -0.3 is 19.7 Å². The van der Waals surface area contributed by atoms with Gasteiger partial charge in [-0.25, -0.2) is 4.39 Å². The summed E-state index contributed by atoms with van der Waals surface area (Å²) in [5, 5.41) is 12.7. The van der Waals surface area contributed by atoms with E-state index in [1.54, 1.807) is 13.0 Å². The van der Waals surface area contributed by atoms with Gasteiger partial charge >= 0.3 is 0 Å². The molecule has 1 aliphatic rings. The molecule has 3 rings (SSSR count). The maximum absolute atomic E-state index is 13.5. The van der Waals surface area contributed by atoms with Gasteiger partial charge in [-0.3, -0.25) is 14.4 Å². The van der Waals surface area contributed by atoms with E-state index in [0.717, 1.165) is 25.7 Å². The molecule has 2 N–H and O–H groups in total. The molecule has 1 fully saturated rings. The summed E-state index contributed by atoms with van der Waals surface area (Å²) in [6.07, 6.45) is 6.03. The number of aryl methyl sites for hydroxylation is 1. The number of carbonyl (C=O) groups excluding carboxylic acids is 2. The molecule has 1 aliphatic carbocycles. The predicted molar refractivity (Wildman–Crippen MR) is 108 cm³/mol. The number of aromatic nitrogens is 1. The van der Waals surface area contributed by atoms with Crippen molar-refractivity contribution in [3.63, 3.8) is 0 Å².